The van der Waals surface area contributed by atoms with Crippen molar-refractivity contribution < 1.29 is 9.21 Å². The van der Waals surface area contributed by atoms with E-state index in [1.165, 1.54) is 0 Å². The Morgan fingerprint density at radius 2 is 1.95 bits per heavy atom. The first-order valence-electron chi connectivity index (χ1n) is 6.74. The summed E-state index contributed by atoms with van der Waals surface area (Å²) in [5.74, 6) is 0.694. The standard InChI is InChI=1S/C14H15N3O4/c18-9-16-3-5-17(6-4-16)12-11(13(19)14(12)20)15-8-10-2-1-7-21-10/h1-2,7,9,15H,3-6,8H2. The van der Waals surface area contributed by atoms with Crippen LogP contribution in [-0.2, 0) is 11.3 Å². The predicted molar refractivity (Wildman–Crippen MR) is 77.2 cm³/mol. The Bertz CT molecular complexity index is 692. The minimum atomic E-state index is -0.491. The quantitative estimate of drug-likeness (QED) is 0.604. The molecule has 3 rings (SSSR count). The molecule has 2 heterocycles. The van der Waals surface area contributed by atoms with Gasteiger partial charge in [0.25, 0.3) is 10.9 Å². The fourth-order valence-corrected chi connectivity index (χ4v) is 2.48. The van der Waals surface area contributed by atoms with Gasteiger partial charge < -0.3 is 19.5 Å². The van der Waals surface area contributed by atoms with Crippen molar-refractivity contribution in [1.29, 1.82) is 0 Å². The summed E-state index contributed by atoms with van der Waals surface area (Å²) >= 11 is 0. The lowest BCUT2D eigenvalue weighted by Crippen LogP contribution is -2.51. The molecule has 0 radical (unpaired) electrons. The molecular formula is C14H15N3O4. The van der Waals surface area contributed by atoms with Crippen LogP contribution in [0, 0.1) is 0 Å². The van der Waals surface area contributed by atoms with Crippen LogP contribution in [0.4, 0.5) is 11.4 Å². The van der Waals surface area contributed by atoms with Crippen LogP contribution in [0.5, 0.6) is 0 Å². The Hall–Kier alpha value is -2.57. The maximum absolute atomic E-state index is 11.8. The SMILES string of the molecule is O=CN1CCN(c2c(NCc3ccco3)c(=O)c2=O)CC1. The van der Waals surface area contributed by atoms with Crippen molar-refractivity contribution >= 4 is 17.8 Å². The average Bonchev–Trinajstić information content (AvgIpc) is 3.04. The number of carbonyl (C=O) groups excluding carboxylic acids is 1. The Balaban J connectivity index is 1.71. The van der Waals surface area contributed by atoms with Gasteiger partial charge in [-0.1, -0.05) is 0 Å². The van der Waals surface area contributed by atoms with E-state index in [0.29, 0.717) is 49.9 Å². The number of amides is 1. The van der Waals surface area contributed by atoms with E-state index in [0.717, 1.165) is 6.41 Å². The van der Waals surface area contributed by atoms with Gasteiger partial charge in [-0.25, -0.2) is 0 Å². The van der Waals surface area contributed by atoms with Gasteiger partial charge in [0, 0.05) is 26.2 Å². The second-order valence-electron chi connectivity index (χ2n) is 4.94. The molecule has 7 heteroatoms. The summed E-state index contributed by atoms with van der Waals surface area (Å²) in [6, 6.07) is 3.56. The third-order valence-corrected chi connectivity index (χ3v) is 3.68. The maximum Gasteiger partial charge on any atom is 0.253 e. The Labute approximate surface area is 120 Å². The smallest absolute Gasteiger partial charge is 0.253 e. The van der Waals surface area contributed by atoms with Gasteiger partial charge in [-0.2, -0.15) is 0 Å². The first kappa shape index (κ1) is 13.4. The zero-order chi connectivity index (χ0) is 14.8. The third-order valence-electron chi connectivity index (χ3n) is 3.68. The van der Waals surface area contributed by atoms with Gasteiger partial charge in [0.2, 0.25) is 6.41 Å². The molecule has 1 aromatic heterocycles. The molecule has 110 valence electrons. The zero-order valence-electron chi connectivity index (χ0n) is 11.4. The molecule has 0 unspecified atom stereocenters. The summed E-state index contributed by atoms with van der Waals surface area (Å²) in [6.07, 6.45) is 2.36. The summed E-state index contributed by atoms with van der Waals surface area (Å²) in [5.41, 5.74) is -0.182. The Morgan fingerprint density at radius 1 is 1.19 bits per heavy atom. The van der Waals surface area contributed by atoms with E-state index in [1.54, 1.807) is 23.3 Å². The first-order chi connectivity index (χ1) is 10.2. The fourth-order valence-electron chi connectivity index (χ4n) is 2.48. The molecule has 21 heavy (non-hydrogen) atoms. The lowest BCUT2D eigenvalue weighted by molar-refractivity contribution is -0.118. The van der Waals surface area contributed by atoms with Crippen LogP contribution >= 0.6 is 0 Å². The predicted octanol–water partition coefficient (Wildman–Crippen LogP) is -0.234. The number of hydrogen-bond donors (Lipinski definition) is 1. The summed E-state index contributed by atoms with van der Waals surface area (Å²) < 4.78 is 5.18. The minimum Gasteiger partial charge on any atom is -0.467 e. The monoisotopic (exact) mass is 289 g/mol. The molecule has 7 nitrogen and oxygen atoms in total. The molecule has 1 aliphatic rings. The van der Waals surface area contributed by atoms with Crippen LogP contribution in [0.25, 0.3) is 0 Å². The second kappa shape index (κ2) is 5.43. The number of piperazine rings is 1. The van der Waals surface area contributed by atoms with Crippen molar-refractivity contribution in [2.75, 3.05) is 36.4 Å². The van der Waals surface area contributed by atoms with Crippen LogP contribution < -0.4 is 21.1 Å². The molecule has 1 amide bonds. The molecule has 0 atom stereocenters. The van der Waals surface area contributed by atoms with Gasteiger partial charge in [0.05, 0.1) is 12.8 Å². The van der Waals surface area contributed by atoms with Gasteiger partial charge in [-0.05, 0) is 12.1 Å². The number of nitrogens with zero attached hydrogens (tertiary/aromatic N) is 2. The van der Waals surface area contributed by atoms with Gasteiger partial charge in [0.15, 0.2) is 0 Å². The summed E-state index contributed by atoms with van der Waals surface area (Å²) in [4.78, 5) is 37.7. The topological polar surface area (TPSA) is 82.9 Å². The highest BCUT2D eigenvalue weighted by atomic mass is 16.3. The van der Waals surface area contributed by atoms with Crippen LogP contribution in [0.1, 0.15) is 5.76 Å². The number of furan rings is 1. The molecule has 1 aliphatic heterocycles. The van der Waals surface area contributed by atoms with E-state index in [-0.39, 0.29) is 0 Å². The fraction of sp³-hybridized carbons (Fsp3) is 0.357. The highest BCUT2D eigenvalue weighted by molar-refractivity contribution is 5.75. The Morgan fingerprint density at radius 3 is 2.57 bits per heavy atom. The number of anilines is 2. The van der Waals surface area contributed by atoms with E-state index in [1.807, 2.05) is 4.90 Å². The number of rotatable bonds is 5. The van der Waals surface area contributed by atoms with Crippen LogP contribution in [0.15, 0.2) is 32.4 Å². The van der Waals surface area contributed by atoms with Crippen LogP contribution in [0.2, 0.25) is 0 Å². The highest BCUT2D eigenvalue weighted by Gasteiger charge is 2.28. The average molecular weight is 289 g/mol. The van der Waals surface area contributed by atoms with Crippen molar-refractivity contribution in [3.05, 3.63) is 44.6 Å². The molecule has 0 bridgehead atoms. The summed E-state index contributed by atoms with van der Waals surface area (Å²) in [6.45, 7) is 2.58. The van der Waals surface area contributed by atoms with Gasteiger partial charge in [-0.15, -0.1) is 0 Å². The second-order valence-corrected chi connectivity index (χ2v) is 4.94. The lowest BCUT2D eigenvalue weighted by Gasteiger charge is -2.35. The first-order valence-corrected chi connectivity index (χ1v) is 6.74. The normalized spacial score (nSPS) is 15.4. The molecule has 0 spiro atoms. The van der Waals surface area contributed by atoms with E-state index in [9.17, 15) is 14.4 Å². The van der Waals surface area contributed by atoms with Crippen molar-refractivity contribution in [2.45, 2.75) is 6.54 Å². The van der Waals surface area contributed by atoms with E-state index in [2.05, 4.69) is 5.32 Å². The van der Waals surface area contributed by atoms with Crippen molar-refractivity contribution in [1.82, 2.24) is 4.90 Å². The number of hydrogen-bond acceptors (Lipinski definition) is 6. The van der Waals surface area contributed by atoms with E-state index in [4.69, 9.17) is 4.42 Å². The molecule has 1 aromatic carbocycles. The third kappa shape index (κ3) is 2.42. The van der Waals surface area contributed by atoms with E-state index >= 15 is 0 Å². The summed E-state index contributed by atoms with van der Waals surface area (Å²) in [7, 11) is 0. The molecule has 0 saturated carbocycles. The number of nitrogens with one attached hydrogen (secondary N) is 1. The molecule has 1 N–H and O–H groups in total. The largest absolute Gasteiger partial charge is 0.467 e. The zero-order valence-corrected chi connectivity index (χ0v) is 11.4. The Kier molecular flexibility index (Phi) is 3.47. The van der Waals surface area contributed by atoms with Crippen molar-refractivity contribution in [2.24, 2.45) is 0 Å². The van der Waals surface area contributed by atoms with Crippen molar-refractivity contribution in [3.63, 3.8) is 0 Å². The number of carbonyl (C=O) groups is 1. The van der Waals surface area contributed by atoms with Crippen LogP contribution in [0.3, 0.4) is 0 Å². The summed E-state index contributed by atoms with van der Waals surface area (Å²) in [5, 5.41) is 2.96. The highest BCUT2D eigenvalue weighted by Crippen LogP contribution is 2.22. The molecular weight excluding hydrogens is 274 g/mol. The van der Waals surface area contributed by atoms with Crippen molar-refractivity contribution in [3.8, 4) is 0 Å². The van der Waals surface area contributed by atoms with E-state index < -0.39 is 10.9 Å². The van der Waals surface area contributed by atoms with Gasteiger partial charge >= 0.3 is 0 Å². The maximum atomic E-state index is 11.8. The molecule has 0 aliphatic carbocycles. The molecule has 1 saturated heterocycles. The minimum absolute atomic E-state index is 0.343. The molecule has 2 aromatic rings. The lowest BCUT2D eigenvalue weighted by atomic mass is 10.1. The van der Waals surface area contributed by atoms with Gasteiger partial charge in [0.1, 0.15) is 17.1 Å². The van der Waals surface area contributed by atoms with Gasteiger partial charge in [-0.3, -0.25) is 14.4 Å². The molecule has 1 fully saturated rings. The van der Waals surface area contributed by atoms with Crippen LogP contribution in [-0.4, -0.2) is 37.5 Å².